The number of nitrogens with zero attached hydrogens (tertiary/aromatic N) is 2. The lowest BCUT2D eigenvalue weighted by molar-refractivity contribution is -0.141. The Balaban J connectivity index is 1.79. The maximum absolute atomic E-state index is 13.0. The molecule has 1 aromatic heterocycles. The quantitative estimate of drug-likeness (QED) is 0.346. The van der Waals surface area contributed by atoms with E-state index in [1.807, 2.05) is 11.2 Å². The number of phenols is 1. The van der Waals surface area contributed by atoms with Crippen molar-refractivity contribution < 1.29 is 23.0 Å². The number of aromatic hydroxyl groups is 1. The molecule has 0 amide bonds. The number of nitrogens with one attached hydrogen (secondary N) is 1. The Bertz CT molecular complexity index is 1340. The number of phenolic OH excluding ortho intramolecular Hbond substituents is 1. The SMILES string of the molecule is N#Cc1cccc(-c2c(OCc3ccc(Cl)cc3)ccc(-c3cc(C(F)(F)F)[nH]n3)c2O)c1. The molecule has 4 rings (SSSR count). The summed E-state index contributed by atoms with van der Waals surface area (Å²) in [6.07, 6.45) is -4.60. The van der Waals surface area contributed by atoms with Crippen molar-refractivity contribution in [2.45, 2.75) is 12.8 Å². The average molecular weight is 470 g/mol. The molecule has 0 radical (unpaired) electrons. The molecule has 5 nitrogen and oxygen atoms in total. The van der Waals surface area contributed by atoms with Crippen LogP contribution in [0, 0.1) is 11.3 Å². The number of halogens is 4. The lowest BCUT2D eigenvalue weighted by atomic mass is 9.97. The Morgan fingerprint density at radius 2 is 1.82 bits per heavy atom. The van der Waals surface area contributed by atoms with Crippen molar-refractivity contribution in [3.05, 3.63) is 88.6 Å². The molecule has 4 aromatic rings. The molecule has 0 spiro atoms. The van der Waals surface area contributed by atoms with E-state index in [4.69, 9.17) is 16.3 Å². The van der Waals surface area contributed by atoms with Gasteiger partial charge in [0.1, 0.15) is 23.8 Å². The fourth-order valence-electron chi connectivity index (χ4n) is 3.27. The molecular formula is C24H15ClF3N3O2. The highest BCUT2D eigenvalue weighted by Gasteiger charge is 2.33. The van der Waals surface area contributed by atoms with Gasteiger partial charge in [-0.05, 0) is 53.6 Å². The van der Waals surface area contributed by atoms with Gasteiger partial charge in [-0.15, -0.1) is 0 Å². The maximum Gasteiger partial charge on any atom is 0.432 e. The second-order valence-corrected chi connectivity index (χ2v) is 7.54. The van der Waals surface area contributed by atoms with Crippen LogP contribution in [0.5, 0.6) is 11.5 Å². The second-order valence-electron chi connectivity index (χ2n) is 7.11. The van der Waals surface area contributed by atoms with Gasteiger partial charge in [-0.25, -0.2) is 0 Å². The number of ether oxygens (including phenoxy) is 1. The number of hydrogen-bond acceptors (Lipinski definition) is 4. The Hall–Kier alpha value is -3.96. The zero-order chi connectivity index (χ0) is 23.6. The van der Waals surface area contributed by atoms with Crippen LogP contribution in [-0.4, -0.2) is 15.3 Å². The Kier molecular flexibility index (Phi) is 5.99. The van der Waals surface area contributed by atoms with Gasteiger partial charge in [0.15, 0.2) is 0 Å². The molecule has 0 unspecified atom stereocenters. The van der Waals surface area contributed by atoms with Crippen LogP contribution in [-0.2, 0) is 12.8 Å². The molecule has 0 saturated heterocycles. The van der Waals surface area contributed by atoms with E-state index in [9.17, 15) is 23.5 Å². The van der Waals surface area contributed by atoms with Crippen LogP contribution >= 0.6 is 11.6 Å². The summed E-state index contributed by atoms with van der Waals surface area (Å²) in [4.78, 5) is 0. The first kappa shape index (κ1) is 22.2. The van der Waals surface area contributed by atoms with Crippen molar-refractivity contribution in [1.29, 1.82) is 5.26 Å². The lowest BCUT2D eigenvalue weighted by Gasteiger charge is -2.16. The minimum absolute atomic E-state index is 0.0814. The van der Waals surface area contributed by atoms with Crippen LogP contribution in [0.1, 0.15) is 16.8 Å². The first-order valence-electron chi connectivity index (χ1n) is 9.63. The summed E-state index contributed by atoms with van der Waals surface area (Å²) in [6.45, 7) is 0.154. The number of hydrogen-bond donors (Lipinski definition) is 2. The van der Waals surface area contributed by atoms with Gasteiger partial charge in [-0.2, -0.15) is 23.5 Å². The first-order valence-corrected chi connectivity index (χ1v) is 10.0. The number of nitriles is 1. The lowest BCUT2D eigenvalue weighted by Crippen LogP contribution is -2.04. The minimum atomic E-state index is -4.60. The van der Waals surface area contributed by atoms with E-state index in [0.29, 0.717) is 16.1 Å². The molecule has 0 aliphatic heterocycles. The molecule has 0 bridgehead atoms. The number of rotatable bonds is 5. The van der Waals surface area contributed by atoms with Gasteiger partial charge < -0.3 is 9.84 Å². The van der Waals surface area contributed by atoms with Gasteiger partial charge in [0.05, 0.1) is 22.9 Å². The van der Waals surface area contributed by atoms with E-state index in [-0.39, 0.29) is 34.9 Å². The largest absolute Gasteiger partial charge is 0.506 e. The molecule has 3 aromatic carbocycles. The number of H-pyrrole nitrogens is 1. The van der Waals surface area contributed by atoms with E-state index in [2.05, 4.69) is 5.10 Å². The molecule has 0 atom stereocenters. The first-order chi connectivity index (χ1) is 15.8. The predicted octanol–water partition coefficient (Wildman–Crippen LogP) is 6.57. The summed E-state index contributed by atoms with van der Waals surface area (Å²) in [5.74, 6) is -0.0354. The van der Waals surface area contributed by atoms with Crippen molar-refractivity contribution >= 4 is 11.6 Å². The van der Waals surface area contributed by atoms with Gasteiger partial charge in [0, 0.05) is 10.6 Å². The predicted molar refractivity (Wildman–Crippen MR) is 117 cm³/mol. The van der Waals surface area contributed by atoms with Crippen LogP contribution in [0.3, 0.4) is 0 Å². The Morgan fingerprint density at radius 1 is 1.06 bits per heavy atom. The highest BCUT2D eigenvalue weighted by molar-refractivity contribution is 6.30. The Morgan fingerprint density at radius 3 is 2.48 bits per heavy atom. The number of aromatic nitrogens is 2. The topological polar surface area (TPSA) is 81.9 Å². The standard InChI is InChI=1S/C24H15ClF3N3O2/c25-17-6-4-14(5-7-17)13-33-20-9-8-18(19-11-21(31-30-19)24(26,27)28)23(32)22(20)16-3-1-2-15(10-16)12-29/h1-11,32H,13H2,(H,30,31). The molecule has 9 heteroatoms. The van der Waals surface area contributed by atoms with Crippen molar-refractivity contribution in [1.82, 2.24) is 10.2 Å². The number of benzene rings is 3. The third-order valence-corrected chi connectivity index (χ3v) is 5.14. The fraction of sp³-hybridized carbons (Fsp3) is 0.0833. The van der Waals surface area contributed by atoms with Crippen molar-refractivity contribution in [3.63, 3.8) is 0 Å². The fourth-order valence-corrected chi connectivity index (χ4v) is 3.40. The minimum Gasteiger partial charge on any atom is -0.506 e. The summed E-state index contributed by atoms with van der Waals surface area (Å²) < 4.78 is 44.9. The van der Waals surface area contributed by atoms with Gasteiger partial charge in [0.25, 0.3) is 0 Å². The zero-order valence-corrected chi connectivity index (χ0v) is 17.6. The molecule has 166 valence electrons. The molecule has 33 heavy (non-hydrogen) atoms. The Labute approximate surface area is 191 Å². The van der Waals surface area contributed by atoms with E-state index in [1.165, 1.54) is 6.07 Å². The molecule has 2 N–H and O–H groups in total. The summed E-state index contributed by atoms with van der Waals surface area (Å²) in [7, 11) is 0. The van der Waals surface area contributed by atoms with E-state index in [0.717, 1.165) is 11.6 Å². The van der Waals surface area contributed by atoms with Crippen molar-refractivity contribution in [3.8, 4) is 40.0 Å². The molecule has 0 aliphatic rings. The summed E-state index contributed by atoms with van der Waals surface area (Å²) in [5.41, 5.74) is 0.829. The van der Waals surface area contributed by atoms with Gasteiger partial charge in [0.2, 0.25) is 0 Å². The monoisotopic (exact) mass is 469 g/mol. The number of alkyl halides is 3. The maximum atomic E-state index is 13.0. The van der Waals surface area contributed by atoms with Crippen LogP contribution < -0.4 is 4.74 Å². The van der Waals surface area contributed by atoms with Gasteiger partial charge >= 0.3 is 6.18 Å². The van der Waals surface area contributed by atoms with Crippen LogP contribution in [0.15, 0.2) is 66.7 Å². The summed E-state index contributed by atoms with van der Waals surface area (Å²) in [5, 5.41) is 26.6. The number of aromatic amines is 1. The third kappa shape index (κ3) is 4.78. The molecule has 0 saturated carbocycles. The van der Waals surface area contributed by atoms with E-state index < -0.39 is 11.9 Å². The molecular weight excluding hydrogens is 455 g/mol. The van der Waals surface area contributed by atoms with E-state index >= 15 is 0 Å². The molecule has 0 aliphatic carbocycles. The highest BCUT2D eigenvalue weighted by atomic mass is 35.5. The third-order valence-electron chi connectivity index (χ3n) is 4.89. The van der Waals surface area contributed by atoms with Crippen molar-refractivity contribution in [2.75, 3.05) is 0 Å². The van der Waals surface area contributed by atoms with Crippen LogP contribution in [0.4, 0.5) is 13.2 Å². The summed E-state index contributed by atoms with van der Waals surface area (Å²) >= 11 is 5.91. The van der Waals surface area contributed by atoms with Crippen LogP contribution in [0.2, 0.25) is 5.02 Å². The van der Waals surface area contributed by atoms with E-state index in [1.54, 1.807) is 54.6 Å². The summed E-state index contributed by atoms with van der Waals surface area (Å²) in [6, 6.07) is 19.3. The van der Waals surface area contributed by atoms with Crippen molar-refractivity contribution in [2.24, 2.45) is 0 Å². The molecule has 1 heterocycles. The van der Waals surface area contributed by atoms with Gasteiger partial charge in [-0.1, -0.05) is 35.9 Å². The molecule has 0 fully saturated rings. The highest BCUT2D eigenvalue weighted by Crippen LogP contribution is 2.44. The van der Waals surface area contributed by atoms with Gasteiger partial charge in [-0.3, -0.25) is 5.10 Å². The van der Waals surface area contributed by atoms with Crippen LogP contribution in [0.25, 0.3) is 22.4 Å². The normalized spacial score (nSPS) is 11.2. The second kappa shape index (κ2) is 8.88. The zero-order valence-electron chi connectivity index (χ0n) is 16.8. The smallest absolute Gasteiger partial charge is 0.432 e. The average Bonchev–Trinajstić information content (AvgIpc) is 3.29.